The molecule has 0 aliphatic carbocycles. The number of hydrogen-bond donors (Lipinski definition) is 1. The van der Waals surface area contributed by atoms with Gasteiger partial charge < -0.3 is 10.1 Å². The van der Waals surface area contributed by atoms with Crippen molar-refractivity contribution in [2.45, 2.75) is 31.8 Å². The van der Waals surface area contributed by atoms with E-state index in [-0.39, 0.29) is 11.9 Å². The first kappa shape index (κ1) is 12.1. The molecule has 2 fully saturated rings. The van der Waals surface area contributed by atoms with Crippen LogP contribution in [0, 0.1) is 11.2 Å². The highest BCUT2D eigenvalue weighted by Crippen LogP contribution is 2.41. The fourth-order valence-electron chi connectivity index (χ4n) is 3.26. The van der Waals surface area contributed by atoms with Crippen LogP contribution in [0.4, 0.5) is 4.39 Å². The molecule has 18 heavy (non-hydrogen) atoms. The van der Waals surface area contributed by atoms with Crippen molar-refractivity contribution >= 4 is 0 Å². The molecule has 0 radical (unpaired) electrons. The second kappa shape index (κ2) is 4.98. The van der Waals surface area contributed by atoms with Crippen molar-refractivity contribution in [1.29, 1.82) is 0 Å². The molecule has 0 amide bonds. The van der Waals surface area contributed by atoms with Crippen molar-refractivity contribution in [3.05, 3.63) is 35.6 Å². The summed E-state index contributed by atoms with van der Waals surface area (Å²) in [4.78, 5) is 0. The largest absolute Gasteiger partial charge is 0.377 e. The summed E-state index contributed by atoms with van der Waals surface area (Å²) in [5.41, 5.74) is 1.44. The van der Waals surface area contributed by atoms with E-state index in [4.69, 9.17) is 4.74 Å². The quantitative estimate of drug-likeness (QED) is 0.869. The SMILES string of the molecule is Fc1cccc(CC2CC3(CCNCC3)CO2)c1. The summed E-state index contributed by atoms with van der Waals surface area (Å²) in [6.45, 7) is 3.10. The van der Waals surface area contributed by atoms with Gasteiger partial charge in [0.2, 0.25) is 0 Å². The molecule has 0 bridgehead atoms. The lowest BCUT2D eigenvalue weighted by atomic mass is 9.77. The maximum atomic E-state index is 13.1. The van der Waals surface area contributed by atoms with Gasteiger partial charge in [0, 0.05) is 0 Å². The minimum absolute atomic E-state index is 0.151. The highest BCUT2D eigenvalue weighted by Gasteiger charge is 2.40. The Balaban J connectivity index is 1.62. The zero-order valence-electron chi connectivity index (χ0n) is 10.6. The summed E-state index contributed by atoms with van der Waals surface area (Å²) in [6.07, 6.45) is 4.67. The van der Waals surface area contributed by atoms with Gasteiger partial charge in [0.05, 0.1) is 12.7 Å². The van der Waals surface area contributed by atoms with Crippen LogP contribution in [0.2, 0.25) is 0 Å². The molecule has 1 atom stereocenters. The lowest BCUT2D eigenvalue weighted by Gasteiger charge is -2.32. The van der Waals surface area contributed by atoms with Gasteiger partial charge in [0.15, 0.2) is 0 Å². The van der Waals surface area contributed by atoms with Crippen LogP contribution >= 0.6 is 0 Å². The highest BCUT2D eigenvalue weighted by molar-refractivity contribution is 5.17. The molecule has 0 aromatic heterocycles. The second-order valence-electron chi connectivity index (χ2n) is 5.72. The van der Waals surface area contributed by atoms with Gasteiger partial charge in [-0.2, -0.15) is 0 Å². The maximum Gasteiger partial charge on any atom is 0.123 e. The van der Waals surface area contributed by atoms with Crippen LogP contribution < -0.4 is 5.32 Å². The topological polar surface area (TPSA) is 21.3 Å². The van der Waals surface area contributed by atoms with E-state index in [0.717, 1.165) is 38.1 Å². The van der Waals surface area contributed by atoms with Crippen LogP contribution in [0.5, 0.6) is 0 Å². The molecule has 1 aromatic rings. The third-order valence-corrected chi connectivity index (χ3v) is 4.30. The molecule has 2 aliphatic heterocycles. The van der Waals surface area contributed by atoms with Gasteiger partial charge in [0.1, 0.15) is 5.82 Å². The molecular formula is C15H20FNO. The Morgan fingerprint density at radius 1 is 1.33 bits per heavy atom. The third kappa shape index (κ3) is 2.57. The molecule has 98 valence electrons. The predicted octanol–water partition coefficient (Wildman–Crippen LogP) is 2.53. The Bertz CT molecular complexity index is 415. The van der Waals surface area contributed by atoms with Gasteiger partial charge in [-0.1, -0.05) is 12.1 Å². The fourth-order valence-corrected chi connectivity index (χ4v) is 3.26. The Morgan fingerprint density at radius 2 is 2.17 bits per heavy atom. The number of ether oxygens (including phenoxy) is 1. The molecule has 2 heterocycles. The monoisotopic (exact) mass is 249 g/mol. The van der Waals surface area contributed by atoms with Gasteiger partial charge in [0.25, 0.3) is 0 Å². The van der Waals surface area contributed by atoms with Crippen LogP contribution in [-0.4, -0.2) is 25.8 Å². The highest BCUT2D eigenvalue weighted by atomic mass is 19.1. The van der Waals surface area contributed by atoms with E-state index >= 15 is 0 Å². The first-order valence-electron chi connectivity index (χ1n) is 6.83. The number of benzene rings is 1. The normalized spacial score (nSPS) is 26.6. The van der Waals surface area contributed by atoms with Crippen LogP contribution in [-0.2, 0) is 11.2 Å². The zero-order valence-corrected chi connectivity index (χ0v) is 10.6. The van der Waals surface area contributed by atoms with Crippen molar-refractivity contribution in [1.82, 2.24) is 5.32 Å². The van der Waals surface area contributed by atoms with E-state index in [1.165, 1.54) is 18.9 Å². The van der Waals surface area contributed by atoms with Crippen molar-refractivity contribution in [3.8, 4) is 0 Å². The Morgan fingerprint density at radius 3 is 2.94 bits per heavy atom. The van der Waals surface area contributed by atoms with Crippen molar-refractivity contribution in [3.63, 3.8) is 0 Å². The number of hydrogen-bond acceptors (Lipinski definition) is 2. The number of halogens is 1. The van der Waals surface area contributed by atoms with Crippen LogP contribution in [0.1, 0.15) is 24.8 Å². The summed E-state index contributed by atoms with van der Waals surface area (Å²) in [5.74, 6) is -0.151. The number of piperidine rings is 1. The zero-order chi connectivity index (χ0) is 12.4. The Kier molecular flexibility index (Phi) is 3.35. The molecule has 2 aliphatic rings. The summed E-state index contributed by atoms with van der Waals surface area (Å²) in [7, 11) is 0. The average Bonchev–Trinajstić information content (AvgIpc) is 2.73. The lowest BCUT2D eigenvalue weighted by Crippen LogP contribution is -2.37. The maximum absolute atomic E-state index is 13.1. The van der Waals surface area contributed by atoms with Crippen LogP contribution in [0.3, 0.4) is 0 Å². The summed E-state index contributed by atoms with van der Waals surface area (Å²) in [5, 5.41) is 3.40. The molecule has 0 saturated carbocycles. The molecule has 3 heteroatoms. The molecule has 1 N–H and O–H groups in total. The van der Waals surface area contributed by atoms with E-state index in [9.17, 15) is 4.39 Å². The second-order valence-corrected chi connectivity index (χ2v) is 5.72. The average molecular weight is 249 g/mol. The molecule has 1 unspecified atom stereocenters. The molecule has 1 aromatic carbocycles. The van der Waals surface area contributed by atoms with Crippen molar-refractivity contribution in [2.24, 2.45) is 5.41 Å². The van der Waals surface area contributed by atoms with Gasteiger partial charge in [-0.3, -0.25) is 0 Å². The number of rotatable bonds is 2. The van der Waals surface area contributed by atoms with Crippen molar-refractivity contribution in [2.75, 3.05) is 19.7 Å². The third-order valence-electron chi connectivity index (χ3n) is 4.30. The molecular weight excluding hydrogens is 229 g/mol. The van der Waals surface area contributed by atoms with Gasteiger partial charge in [-0.15, -0.1) is 0 Å². The van der Waals surface area contributed by atoms with Crippen LogP contribution in [0.25, 0.3) is 0 Å². The fraction of sp³-hybridized carbons (Fsp3) is 0.600. The summed E-state index contributed by atoms with van der Waals surface area (Å²) in [6, 6.07) is 6.88. The lowest BCUT2D eigenvalue weighted by molar-refractivity contribution is 0.0867. The number of nitrogens with one attached hydrogen (secondary N) is 1. The minimum atomic E-state index is -0.151. The molecule has 3 rings (SSSR count). The van der Waals surface area contributed by atoms with E-state index < -0.39 is 0 Å². The van der Waals surface area contributed by atoms with Gasteiger partial charge in [-0.25, -0.2) is 4.39 Å². The Hall–Kier alpha value is -0.930. The van der Waals surface area contributed by atoms with Gasteiger partial charge >= 0.3 is 0 Å². The van der Waals surface area contributed by atoms with E-state index in [1.807, 2.05) is 6.07 Å². The van der Waals surface area contributed by atoms with Crippen LogP contribution in [0.15, 0.2) is 24.3 Å². The van der Waals surface area contributed by atoms with E-state index in [0.29, 0.717) is 5.41 Å². The van der Waals surface area contributed by atoms with E-state index in [2.05, 4.69) is 5.32 Å². The van der Waals surface area contributed by atoms with E-state index in [1.54, 1.807) is 12.1 Å². The standard InChI is InChI=1S/C15H20FNO/c16-13-3-1-2-12(8-13)9-14-10-15(11-18-14)4-6-17-7-5-15/h1-3,8,14,17H,4-7,9-11H2. The van der Waals surface area contributed by atoms with Gasteiger partial charge in [-0.05, 0) is 61.9 Å². The molecule has 2 saturated heterocycles. The molecule has 1 spiro atoms. The molecule has 2 nitrogen and oxygen atoms in total. The smallest absolute Gasteiger partial charge is 0.123 e. The Labute approximate surface area is 108 Å². The summed E-state index contributed by atoms with van der Waals surface area (Å²) < 4.78 is 19.1. The predicted molar refractivity (Wildman–Crippen MR) is 69.0 cm³/mol. The summed E-state index contributed by atoms with van der Waals surface area (Å²) >= 11 is 0. The first-order chi connectivity index (χ1) is 8.76. The van der Waals surface area contributed by atoms with Crippen molar-refractivity contribution < 1.29 is 9.13 Å². The minimum Gasteiger partial charge on any atom is -0.377 e. The first-order valence-corrected chi connectivity index (χ1v) is 6.83.